The molecule has 0 aliphatic heterocycles. The summed E-state index contributed by atoms with van der Waals surface area (Å²) in [5.41, 5.74) is 5.98. The van der Waals surface area contributed by atoms with Crippen LogP contribution in [0.3, 0.4) is 0 Å². The Morgan fingerprint density at radius 3 is 2.55 bits per heavy atom. The lowest BCUT2D eigenvalue weighted by atomic mass is 9.97. The molecule has 3 aromatic rings. The lowest BCUT2D eigenvalue weighted by Gasteiger charge is -2.23. The molecule has 0 bridgehead atoms. The van der Waals surface area contributed by atoms with E-state index in [-0.39, 0.29) is 18.3 Å². The Hall–Kier alpha value is -3.54. The number of nitrogens with zero attached hydrogens (tertiary/aromatic N) is 3. The van der Waals surface area contributed by atoms with Crippen LogP contribution in [0.2, 0.25) is 0 Å². The lowest BCUT2D eigenvalue weighted by Crippen LogP contribution is -2.30. The van der Waals surface area contributed by atoms with Crippen LogP contribution in [0.25, 0.3) is 11.1 Å². The normalized spacial score (nSPS) is 10.6. The molecule has 0 N–H and O–H groups in total. The van der Waals surface area contributed by atoms with E-state index in [0.717, 1.165) is 33.4 Å². The molecule has 0 atom stereocenters. The number of aromatic nitrogens is 2. The van der Waals surface area contributed by atoms with Crippen LogP contribution in [0.15, 0.2) is 61.2 Å². The first-order chi connectivity index (χ1) is 16.0. The Balaban J connectivity index is 1.79. The van der Waals surface area contributed by atoms with Crippen LogP contribution in [0.1, 0.15) is 42.5 Å². The van der Waals surface area contributed by atoms with Crippen molar-refractivity contribution in [2.45, 2.75) is 46.6 Å². The smallest absolute Gasteiger partial charge is 0.310 e. The molecule has 2 heterocycles. The average molecular weight is 446 g/mol. The van der Waals surface area contributed by atoms with Gasteiger partial charge in [0.15, 0.2) is 0 Å². The number of rotatable bonds is 10. The summed E-state index contributed by atoms with van der Waals surface area (Å²) in [6, 6.07) is 12.1. The Morgan fingerprint density at radius 2 is 1.82 bits per heavy atom. The van der Waals surface area contributed by atoms with Crippen LogP contribution in [0, 0.1) is 6.92 Å². The third kappa shape index (κ3) is 6.97. The van der Waals surface area contributed by atoms with Crippen molar-refractivity contribution in [1.82, 2.24) is 14.9 Å². The van der Waals surface area contributed by atoms with Gasteiger partial charge in [-0.1, -0.05) is 29.8 Å². The van der Waals surface area contributed by atoms with Gasteiger partial charge in [-0.3, -0.25) is 19.6 Å². The lowest BCUT2D eigenvalue weighted by molar-refractivity contribution is -0.142. The standard InChI is InChI=1S/C27H31N3O3/c1-4-30(26(31)11-9-21-7-6-12-28-16-21)19-24-13-20(3)8-10-25(24)23-14-22(17-29-18-23)15-27(32)33-5-2/h6-8,10,12-14,16-18H,4-5,9,11,15,19H2,1-3H3. The van der Waals surface area contributed by atoms with Gasteiger partial charge in [0, 0.05) is 49.9 Å². The first kappa shape index (κ1) is 24.1. The van der Waals surface area contributed by atoms with Crippen LogP contribution in [0.4, 0.5) is 0 Å². The fraction of sp³-hybridized carbons (Fsp3) is 0.333. The molecule has 0 spiro atoms. The fourth-order valence-corrected chi connectivity index (χ4v) is 3.78. The third-order valence-corrected chi connectivity index (χ3v) is 5.47. The van der Waals surface area contributed by atoms with Gasteiger partial charge in [0.1, 0.15) is 0 Å². The first-order valence-electron chi connectivity index (χ1n) is 11.4. The molecule has 1 amide bonds. The Labute approximate surface area is 195 Å². The van der Waals surface area contributed by atoms with Crippen LogP contribution in [0.5, 0.6) is 0 Å². The number of carbonyl (C=O) groups is 2. The highest BCUT2D eigenvalue weighted by Gasteiger charge is 2.16. The van der Waals surface area contributed by atoms with Crippen LogP contribution in [-0.2, 0) is 33.7 Å². The number of hydrogen-bond acceptors (Lipinski definition) is 5. The number of benzene rings is 1. The zero-order chi connectivity index (χ0) is 23.6. The largest absolute Gasteiger partial charge is 0.466 e. The molecular weight excluding hydrogens is 414 g/mol. The molecule has 0 aliphatic carbocycles. The number of pyridine rings is 2. The molecule has 0 fully saturated rings. The average Bonchev–Trinajstić information content (AvgIpc) is 2.82. The number of hydrogen-bond donors (Lipinski definition) is 0. The highest BCUT2D eigenvalue weighted by atomic mass is 16.5. The molecule has 0 saturated carbocycles. The van der Waals surface area contributed by atoms with Crippen molar-refractivity contribution in [1.29, 1.82) is 0 Å². The van der Waals surface area contributed by atoms with Gasteiger partial charge >= 0.3 is 5.97 Å². The van der Waals surface area contributed by atoms with Crippen molar-refractivity contribution >= 4 is 11.9 Å². The molecule has 3 rings (SSSR count). The van der Waals surface area contributed by atoms with E-state index < -0.39 is 0 Å². The van der Waals surface area contributed by atoms with Gasteiger partial charge in [-0.15, -0.1) is 0 Å². The monoisotopic (exact) mass is 445 g/mol. The zero-order valence-electron chi connectivity index (χ0n) is 19.6. The van der Waals surface area contributed by atoms with E-state index >= 15 is 0 Å². The maximum atomic E-state index is 13.0. The van der Waals surface area contributed by atoms with E-state index in [1.54, 1.807) is 31.7 Å². The first-order valence-corrected chi connectivity index (χ1v) is 11.4. The van der Waals surface area contributed by atoms with Crippen molar-refractivity contribution in [3.05, 3.63) is 83.4 Å². The van der Waals surface area contributed by atoms with Gasteiger partial charge in [0.2, 0.25) is 5.91 Å². The second-order valence-electron chi connectivity index (χ2n) is 7.99. The minimum Gasteiger partial charge on any atom is -0.466 e. The van der Waals surface area contributed by atoms with E-state index in [2.05, 4.69) is 28.2 Å². The van der Waals surface area contributed by atoms with E-state index in [9.17, 15) is 9.59 Å². The molecule has 1 aromatic carbocycles. The van der Waals surface area contributed by atoms with E-state index in [0.29, 0.717) is 32.5 Å². The summed E-state index contributed by atoms with van der Waals surface area (Å²) in [4.78, 5) is 35.2. The minimum absolute atomic E-state index is 0.114. The van der Waals surface area contributed by atoms with E-state index in [1.807, 2.05) is 36.9 Å². The summed E-state index contributed by atoms with van der Waals surface area (Å²) in [5.74, 6) is -0.153. The van der Waals surface area contributed by atoms with Gasteiger partial charge in [-0.25, -0.2) is 0 Å². The molecule has 0 aliphatic rings. The summed E-state index contributed by atoms with van der Waals surface area (Å²) in [6.07, 6.45) is 8.32. The highest BCUT2D eigenvalue weighted by molar-refractivity contribution is 5.77. The second-order valence-corrected chi connectivity index (χ2v) is 7.99. The quantitative estimate of drug-likeness (QED) is 0.429. The van der Waals surface area contributed by atoms with Crippen LogP contribution in [-0.4, -0.2) is 39.9 Å². The highest BCUT2D eigenvalue weighted by Crippen LogP contribution is 2.27. The summed E-state index contributed by atoms with van der Waals surface area (Å²) in [7, 11) is 0. The molecule has 2 aromatic heterocycles. The topological polar surface area (TPSA) is 72.4 Å². The predicted octanol–water partition coefficient (Wildman–Crippen LogP) is 4.54. The zero-order valence-corrected chi connectivity index (χ0v) is 19.6. The molecule has 0 unspecified atom stereocenters. The Morgan fingerprint density at radius 1 is 1.00 bits per heavy atom. The number of carbonyl (C=O) groups excluding carboxylic acids is 2. The number of esters is 1. The van der Waals surface area contributed by atoms with E-state index in [4.69, 9.17) is 4.74 Å². The van der Waals surface area contributed by atoms with Gasteiger partial charge in [0.05, 0.1) is 13.0 Å². The fourth-order valence-electron chi connectivity index (χ4n) is 3.78. The predicted molar refractivity (Wildman–Crippen MR) is 128 cm³/mol. The van der Waals surface area contributed by atoms with Crippen molar-refractivity contribution in [3.8, 4) is 11.1 Å². The molecule has 0 saturated heterocycles. The third-order valence-electron chi connectivity index (χ3n) is 5.47. The SMILES string of the molecule is CCOC(=O)Cc1cncc(-c2ccc(C)cc2CN(CC)C(=O)CCc2cccnc2)c1. The maximum absolute atomic E-state index is 13.0. The van der Waals surface area contributed by atoms with Crippen LogP contribution >= 0.6 is 0 Å². The van der Waals surface area contributed by atoms with E-state index in [1.165, 1.54) is 0 Å². The number of ether oxygens (including phenoxy) is 1. The van der Waals surface area contributed by atoms with Gasteiger partial charge in [-0.05, 0) is 61.6 Å². The molecular formula is C27H31N3O3. The number of aryl methyl sites for hydroxylation is 2. The molecule has 33 heavy (non-hydrogen) atoms. The van der Waals surface area contributed by atoms with Gasteiger partial charge in [-0.2, -0.15) is 0 Å². The summed E-state index contributed by atoms with van der Waals surface area (Å²) in [5, 5.41) is 0. The molecule has 6 nitrogen and oxygen atoms in total. The molecule has 172 valence electrons. The minimum atomic E-state index is -0.267. The van der Waals surface area contributed by atoms with Gasteiger partial charge < -0.3 is 9.64 Å². The molecule has 6 heteroatoms. The number of amides is 1. The van der Waals surface area contributed by atoms with Gasteiger partial charge in [0.25, 0.3) is 0 Å². The van der Waals surface area contributed by atoms with Crippen molar-refractivity contribution in [2.75, 3.05) is 13.2 Å². The van der Waals surface area contributed by atoms with Crippen LogP contribution < -0.4 is 0 Å². The van der Waals surface area contributed by atoms with Crippen molar-refractivity contribution < 1.29 is 14.3 Å². The van der Waals surface area contributed by atoms with Crippen molar-refractivity contribution in [3.63, 3.8) is 0 Å². The Bertz CT molecular complexity index is 1080. The Kier molecular flexibility index (Phi) is 8.70. The van der Waals surface area contributed by atoms with Crippen molar-refractivity contribution in [2.24, 2.45) is 0 Å². The maximum Gasteiger partial charge on any atom is 0.310 e. The summed E-state index contributed by atoms with van der Waals surface area (Å²) in [6.45, 7) is 7.34. The second kappa shape index (κ2) is 11.9. The summed E-state index contributed by atoms with van der Waals surface area (Å²) >= 11 is 0. The molecule has 0 radical (unpaired) electrons. The summed E-state index contributed by atoms with van der Waals surface area (Å²) < 4.78 is 5.06.